The highest BCUT2D eigenvalue weighted by Gasteiger charge is 2.32. The van der Waals surface area contributed by atoms with Gasteiger partial charge in [-0.2, -0.15) is 0 Å². The van der Waals surface area contributed by atoms with E-state index < -0.39 is 0 Å². The molecule has 1 aliphatic carbocycles. The van der Waals surface area contributed by atoms with E-state index in [1.165, 1.54) is 96.6 Å². The molecule has 1 unspecified atom stereocenters. The molecular weight excluding hydrogens is 230 g/mol. The van der Waals surface area contributed by atoms with E-state index in [9.17, 15) is 0 Å². The van der Waals surface area contributed by atoms with Gasteiger partial charge in [-0.1, -0.05) is 58.3 Å². The highest BCUT2D eigenvalue weighted by Crippen LogP contribution is 2.43. The van der Waals surface area contributed by atoms with Crippen LogP contribution in [0.3, 0.4) is 0 Å². The molecule has 1 nitrogen and oxygen atoms in total. The molecule has 0 amide bonds. The summed E-state index contributed by atoms with van der Waals surface area (Å²) in [5, 5.41) is 3.65. The van der Waals surface area contributed by atoms with Crippen molar-refractivity contribution in [2.24, 2.45) is 11.3 Å². The highest BCUT2D eigenvalue weighted by atomic mass is 14.8. The van der Waals surface area contributed by atoms with Gasteiger partial charge in [-0.25, -0.2) is 0 Å². The minimum absolute atomic E-state index is 0.649. The second-order valence-corrected chi connectivity index (χ2v) is 7.36. The van der Waals surface area contributed by atoms with Gasteiger partial charge in [-0.05, 0) is 56.5 Å². The van der Waals surface area contributed by atoms with Gasteiger partial charge in [0.15, 0.2) is 0 Å². The van der Waals surface area contributed by atoms with Crippen molar-refractivity contribution in [1.29, 1.82) is 0 Å². The molecule has 19 heavy (non-hydrogen) atoms. The van der Waals surface area contributed by atoms with Crippen molar-refractivity contribution >= 4 is 0 Å². The molecule has 0 radical (unpaired) electrons. The lowest BCUT2D eigenvalue weighted by atomic mass is 9.67. The third-order valence-electron chi connectivity index (χ3n) is 5.81. The maximum atomic E-state index is 3.65. The molecular formula is C18H35N. The molecule has 112 valence electrons. The Morgan fingerprint density at radius 2 is 1.32 bits per heavy atom. The van der Waals surface area contributed by atoms with Crippen molar-refractivity contribution in [3.8, 4) is 0 Å². The molecule has 1 aliphatic heterocycles. The Morgan fingerprint density at radius 1 is 0.684 bits per heavy atom. The largest absolute Gasteiger partial charge is 0.317 e. The van der Waals surface area contributed by atoms with Crippen molar-refractivity contribution in [3.63, 3.8) is 0 Å². The lowest BCUT2D eigenvalue weighted by Gasteiger charge is -2.38. The van der Waals surface area contributed by atoms with Crippen LogP contribution in [0.25, 0.3) is 0 Å². The molecule has 0 aromatic heterocycles. The van der Waals surface area contributed by atoms with Crippen LogP contribution < -0.4 is 5.32 Å². The first kappa shape index (κ1) is 15.4. The minimum atomic E-state index is 0.649. The van der Waals surface area contributed by atoms with E-state index in [0.717, 1.165) is 5.92 Å². The normalized spacial score (nSPS) is 31.1. The van der Waals surface area contributed by atoms with Crippen LogP contribution in [0.1, 0.15) is 90.4 Å². The van der Waals surface area contributed by atoms with Gasteiger partial charge >= 0.3 is 0 Å². The summed E-state index contributed by atoms with van der Waals surface area (Å²) in [6.07, 6.45) is 19.2. The predicted molar refractivity (Wildman–Crippen MR) is 84.5 cm³/mol. The topological polar surface area (TPSA) is 12.0 Å². The molecule has 2 fully saturated rings. The molecule has 1 heteroatoms. The third kappa shape index (κ3) is 5.10. The van der Waals surface area contributed by atoms with Gasteiger partial charge in [0.2, 0.25) is 0 Å². The molecule has 0 bridgehead atoms. The molecule has 1 saturated heterocycles. The smallest absolute Gasteiger partial charge is 0.00461 e. The van der Waals surface area contributed by atoms with Crippen molar-refractivity contribution in [1.82, 2.24) is 5.32 Å². The monoisotopic (exact) mass is 265 g/mol. The number of rotatable bonds is 1. The SMILES string of the molecule is CC1(C2CCCCCNCC2)CCCCCCCC1. The molecule has 0 aromatic rings. The number of hydrogen-bond acceptors (Lipinski definition) is 1. The van der Waals surface area contributed by atoms with Crippen LogP contribution in [0.4, 0.5) is 0 Å². The quantitative estimate of drug-likeness (QED) is 0.678. The van der Waals surface area contributed by atoms with Gasteiger partial charge in [0, 0.05) is 0 Å². The third-order valence-corrected chi connectivity index (χ3v) is 5.81. The first-order valence-corrected chi connectivity index (χ1v) is 9.02. The van der Waals surface area contributed by atoms with Crippen LogP contribution in [0.5, 0.6) is 0 Å². The molecule has 2 aliphatic rings. The summed E-state index contributed by atoms with van der Waals surface area (Å²) in [5.41, 5.74) is 0.649. The van der Waals surface area contributed by atoms with Gasteiger partial charge in [0.05, 0.1) is 0 Å². The molecule has 1 atom stereocenters. The lowest BCUT2D eigenvalue weighted by molar-refractivity contribution is 0.126. The first-order chi connectivity index (χ1) is 9.31. The summed E-state index contributed by atoms with van der Waals surface area (Å²) in [6.45, 7) is 5.14. The zero-order valence-electron chi connectivity index (χ0n) is 13.2. The summed E-state index contributed by atoms with van der Waals surface area (Å²) >= 11 is 0. The Labute approximate surface area is 120 Å². The van der Waals surface area contributed by atoms with Crippen LogP contribution >= 0.6 is 0 Å². The van der Waals surface area contributed by atoms with Gasteiger partial charge in [0.25, 0.3) is 0 Å². The fourth-order valence-electron chi connectivity index (χ4n) is 4.36. The van der Waals surface area contributed by atoms with Crippen molar-refractivity contribution in [2.75, 3.05) is 13.1 Å². The van der Waals surface area contributed by atoms with E-state index in [4.69, 9.17) is 0 Å². The minimum Gasteiger partial charge on any atom is -0.317 e. The lowest BCUT2D eigenvalue weighted by Crippen LogP contribution is -2.30. The van der Waals surface area contributed by atoms with Gasteiger partial charge in [-0.3, -0.25) is 0 Å². The van der Waals surface area contributed by atoms with Gasteiger partial charge < -0.3 is 5.32 Å². The Balaban J connectivity index is 1.95. The van der Waals surface area contributed by atoms with E-state index in [1.807, 2.05) is 0 Å². The summed E-state index contributed by atoms with van der Waals surface area (Å²) in [7, 11) is 0. The Morgan fingerprint density at radius 3 is 2.05 bits per heavy atom. The first-order valence-electron chi connectivity index (χ1n) is 9.02. The fourth-order valence-corrected chi connectivity index (χ4v) is 4.36. The van der Waals surface area contributed by atoms with Crippen LogP contribution in [0.15, 0.2) is 0 Å². The van der Waals surface area contributed by atoms with Crippen LogP contribution in [-0.4, -0.2) is 13.1 Å². The molecule has 2 rings (SSSR count). The average Bonchev–Trinajstić information content (AvgIpc) is 2.61. The maximum Gasteiger partial charge on any atom is -0.00461 e. The van der Waals surface area contributed by atoms with E-state index in [2.05, 4.69) is 12.2 Å². The number of nitrogens with one attached hydrogen (secondary N) is 1. The van der Waals surface area contributed by atoms with Gasteiger partial charge in [-0.15, -0.1) is 0 Å². The van der Waals surface area contributed by atoms with Crippen molar-refractivity contribution in [3.05, 3.63) is 0 Å². The summed E-state index contributed by atoms with van der Waals surface area (Å²) in [6, 6.07) is 0. The maximum absolute atomic E-state index is 3.65. The molecule has 1 heterocycles. The molecule has 1 saturated carbocycles. The summed E-state index contributed by atoms with van der Waals surface area (Å²) in [5.74, 6) is 0.983. The molecule has 1 N–H and O–H groups in total. The van der Waals surface area contributed by atoms with Crippen molar-refractivity contribution in [2.45, 2.75) is 90.4 Å². The highest BCUT2D eigenvalue weighted by molar-refractivity contribution is 4.84. The standard InChI is InChI=1S/C18H35N/c1-18(13-8-4-2-3-5-9-14-18)17-11-7-6-10-15-19-16-12-17/h17,19H,2-16H2,1H3. The zero-order chi connectivity index (χ0) is 13.4. The zero-order valence-corrected chi connectivity index (χ0v) is 13.2. The second-order valence-electron chi connectivity index (χ2n) is 7.36. The summed E-state index contributed by atoms with van der Waals surface area (Å²) < 4.78 is 0. The van der Waals surface area contributed by atoms with E-state index >= 15 is 0 Å². The summed E-state index contributed by atoms with van der Waals surface area (Å²) in [4.78, 5) is 0. The fraction of sp³-hybridized carbons (Fsp3) is 1.00. The van der Waals surface area contributed by atoms with E-state index in [1.54, 1.807) is 0 Å². The predicted octanol–water partition coefficient (Wildman–Crippen LogP) is 5.30. The molecule has 0 spiro atoms. The van der Waals surface area contributed by atoms with E-state index in [-0.39, 0.29) is 0 Å². The average molecular weight is 265 g/mol. The van der Waals surface area contributed by atoms with E-state index in [0.29, 0.717) is 5.41 Å². The van der Waals surface area contributed by atoms with Crippen LogP contribution in [0.2, 0.25) is 0 Å². The Kier molecular flexibility index (Phi) is 6.70. The molecule has 0 aromatic carbocycles. The Bertz CT molecular complexity index is 216. The van der Waals surface area contributed by atoms with Crippen LogP contribution in [-0.2, 0) is 0 Å². The number of hydrogen-bond donors (Lipinski definition) is 1. The second kappa shape index (κ2) is 8.29. The van der Waals surface area contributed by atoms with Crippen LogP contribution in [0, 0.1) is 11.3 Å². The van der Waals surface area contributed by atoms with Crippen molar-refractivity contribution < 1.29 is 0 Å². The van der Waals surface area contributed by atoms with Gasteiger partial charge in [0.1, 0.15) is 0 Å². The Hall–Kier alpha value is -0.0400.